The van der Waals surface area contributed by atoms with Crippen LogP contribution in [0.3, 0.4) is 0 Å². The van der Waals surface area contributed by atoms with Gasteiger partial charge >= 0.3 is 0 Å². The Balaban J connectivity index is 1.48. The molecule has 0 aromatic heterocycles. The van der Waals surface area contributed by atoms with Crippen LogP contribution in [0, 0.1) is 6.92 Å². The highest BCUT2D eigenvalue weighted by atomic mass is 35.5. The number of amides is 2. The van der Waals surface area contributed by atoms with Gasteiger partial charge in [-0.25, -0.2) is 12.7 Å². The Labute approximate surface area is 187 Å². The molecule has 0 aliphatic carbocycles. The number of anilines is 1. The fourth-order valence-corrected chi connectivity index (χ4v) is 5.78. The van der Waals surface area contributed by atoms with Crippen LogP contribution in [0.4, 0.5) is 5.69 Å². The number of hydrogen-bond acceptors (Lipinski definition) is 5. The van der Waals surface area contributed by atoms with Crippen LogP contribution >= 0.6 is 11.6 Å². The molecule has 0 N–H and O–H groups in total. The monoisotopic (exact) mass is 461 g/mol. The number of carbonyl (C=O) groups excluding carboxylic acids is 2. The molecule has 2 fully saturated rings. The number of rotatable bonds is 4. The summed E-state index contributed by atoms with van der Waals surface area (Å²) in [6, 6.07) is 12.8. The third kappa shape index (κ3) is 4.27. The van der Waals surface area contributed by atoms with Gasteiger partial charge in [0.05, 0.1) is 4.90 Å². The zero-order chi connectivity index (χ0) is 22.2. The van der Waals surface area contributed by atoms with Crippen LogP contribution in [0.25, 0.3) is 0 Å². The molecule has 9 heteroatoms. The minimum absolute atomic E-state index is 0.0266. The molecule has 2 aliphatic rings. The highest BCUT2D eigenvalue weighted by molar-refractivity contribution is 7.89. The summed E-state index contributed by atoms with van der Waals surface area (Å²) in [5, 5.41) is 0.665. The lowest BCUT2D eigenvalue weighted by atomic mass is 10.1. The Morgan fingerprint density at radius 2 is 1.58 bits per heavy atom. The zero-order valence-corrected chi connectivity index (χ0v) is 18.8. The Hall–Kier alpha value is -2.58. The third-order valence-electron chi connectivity index (χ3n) is 5.81. The highest BCUT2D eigenvalue weighted by Crippen LogP contribution is 2.29. The molecule has 2 heterocycles. The molecule has 2 aromatic carbocycles. The predicted molar refractivity (Wildman–Crippen MR) is 118 cm³/mol. The minimum atomic E-state index is -4.08. The van der Waals surface area contributed by atoms with Gasteiger partial charge in [0.2, 0.25) is 11.8 Å². The molecule has 31 heavy (non-hydrogen) atoms. The summed E-state index contributed by atoms with van der Waals surface area (Å²) in [4.78, 5) is 29.5. The number of benzene rings is 2. The number of halogens is 1. The number of carbonyl (C=O) groups is 2. The van der Waals surface area contributed by atoms with Crippen LogP contribution in [-0.2, 0) is 19.6 Å². The average Bonchev–Trinajstić information content (AvgIpc) is 3.16. The van der Waals surface area contributed by atoms with E-state index >= 15 is 0 Å². The van der Waals surface area contributed by atoms with Gasteiger partial charge in [-0.2, -0.15) is 0 Å². The van der Waals surface area contributed by atoms with E-state index in [9.17, 15) is 18.0 Å². The number of hydrogen-bond donors (Lipinski definition) is 0. The molecule has 2 amide bonds. The van der Waals surface area contributed by atoms with Crippen LogP contribution in [0.5, 0.6) is 0 Å². The molecule has 2 aliphatic heterocycles. The normalized spacial score (nSPS) is 19.7. The molecule has 0 bridgehead atoms. The van der Waals surface area contributed by atoms with E-state index in [0.717, 1.165) is 15.6 Å². The molecule has 2 aromatic rings. The van der Waals surface area contributed by atoms with E-state index in [1.165, 1.54) is 12.1 Å². The van der Waals surface area contributed by atoms with Crippen molar-refractivity contribution in [1.82, 2.24) is 9.21 Å². The lowest BCUT2D eigenvalue weighted by molar-refractivity contribution is -0.138. The van der Waals surface area contributed by atoms with E-state index < -0.39 is 22.0 Å². The van der Waals surface area contributed by atoms with Crippen molar-refractivity contribution in [3.05, 3.63) is 59.1 Å². The van der Waals surface area contributed by atoms with Crippen molar-refractivity contribution in [2.45, 2.75) is 30.7 Å². The highest BCUT2D eigenvalue weighted by Gasteiger charge is 2.45. The van der Waals surface area contributed by atoms with Crippen molar-refractivity contribution in [3.63, 3.8) is 0 Å². The molecule has 164 valence electrons. The molecule has 0 spiro atoms. The maximum Gasteiger partial charge on any atom is 0.267 e. The second kappa shape index (κ2) is 8.51. The van der Waals surface area contributed by atoms with Gasteiger partial charge in [-0.15, -0.1) is 0 Å². The summed E-state index contributed by atoms with van der Waals surface area (Å²) in [5.41, 5.74) is 1.94. The van der Waals surface area contributed by atoms with Crippen molar-refractivity contribution >= 4 is 39.1 Å². The van der Waals surface area contributed by atoms with Gasteiger partial charge in [-0.05, 0) is 49.7 Å². The molecule has 0 saturated carbocycles. The number of piperazine rings is 1. The van der Waals surface area contributed by atoms with Gasteiger partial charge < -0.3 is 9.80 Å². The Kier molecular flexibility index (Phi) is 5.94. The van der Waals surface area contributed by atoms with Crippen molar-refractivity contribution < 1.29 is 18.0 Å². The van der Waals surface area contributed by atoms with Crippen LogP contribution in [-0.4, -0.2) is 61.7 Å². The Morgan fingerprint density at radius 3 is 2.19 bits per heavy atom. The standard InChI is InChI=1S/C22H24ClN3O4S/c1-16-2-8-19(9-3-16)31(29,30)26-20(10-11-21(26)27)22(28)25-14-12-24(13-15-25)18-6-4-17(23)5-7-18/h2-9,20H,10-15H2,1H3/t20-/m0/s1. The largest absolute Gasteiger partial charge is 0.368 e. The quantitative estimate of drug-likeness (QED) is 0.699. The summed E-state index contributed by atoms with van der Waals surface area (Å²) >= 11 is 5.95. The first kappa shape index (κ1) is 21.6. The Morgan fingerprint density at radius 1 is 0.968 bits per heavy atom. The van der Waals surface area contributed by atoms with E-state index in [2.05, 4.69) is 4.90 Å². The fraction of sp³-hybridized carbons (Fsp3) is 0.364. The van der Waals surface area contributed by atoms with Crippen molar-refractivity contribution in [1.29, 1.82) is 0 Å². The molecule has 2 saturated heterocycles. The second-order valence-electron chi connectivity index (χ2n) is 7.85. The SMILES string of the molecule is Cc1ccc(S(=O)(=O)N2C(=O)CC[C@H]2C(=O)N2CCN(c3ccc(Cl)cc3)CC2)cc1. The van der Waals surface area contributed by atoms with E-state index in [0.29, 0.717) is 31.2 Å². The lowest BCUT2D eigenvalue weighted by Gasteiger charge is -2.38. The van der Waals surface area contributed by atoms with Crippen LogP contribution in [0.15, 0.2) is 53.4 Å². The third-order valence-corrected chi connectivity index (χ3v) is 7.90. The van der Waals surface area contributed by atoms with Gasteiger partial charge in [-0.1, -0.05) is 29.3 Å². The summed E-state index contributed by atoms with van der Waals surface area (Å²) in [6.07, 6.45) is 0.256. The smallest absolute Gasteiger partial charge is 0.267 e. The topological polar surface area (TPSA) is 78.0 Å². The first-order chi connectivity index (χ1) is 14.8. The van der Waals surface area contributed by atoms with Gasteiger partial charge in [-0.3, -0.25) is 9.59 Å². The predicted octanol–water partition coefficient (Wildman–Crippen LogP) is 2.68. The van der Waals surface area contributed by atoms with Crippen LogP contribution < -0.4 is 4.90 Å². The van der Waals surface area contributed by atoms with Crippen LogP contribution in [0.2, 0.25) is 5.02 Å². The fourth-order valence-electron chi connectivity index (χ4n) is 4.06. The maximum atomic E-state index is 13.2. The van der Waals surface area contributed by atoms with E-state index in [1.807, 2.05) is 31.2 Å². The van der Waals surface area contributed by atoms with Crippen LogP contribution in [0.1, 0.15) is 18.4 Å². The first-order valence-electron chi connectivity index (χ1n) is 10.2. The van der Waals surface area contributed by atoms with Gasteiger partial charge in [0.15, 0.2) is 0 Å². The van der Waals surface area contributed by atoms with E-state index in [1.54, 1.807) is 17.0 Å². The first-order valence-corrected chi connectivity index (χ1v) is 12.0. The van der Waals surface area contributed by atoms with Crippen molar-refractivity contribution in [2.24, 2.45) is 0 Å². The number of nitrogens with zero attached hydrogens (tertiary/aromatic N) is 3. The maximum absolute atomic E-state index is 13.2. The van der Waals surface area contributed by atoms with Gasteiger partial charge in [0, 0.05) is 43.3 Å². The van der Waals surface area contributed by atoms with Crippen molar-refractivity contribution in [3.8, 4) is 0 Å². The summed E-state index contributed by atoms with van der Waals surface area (Å²) < 4.78 is 27.1. The molecular formula is C22H24ClN3O4S. The zero-order valence-electron chi connectivity index (χ0n) is 17.2. The molecule has 7 nitrogen and oxygen atoms in total. The minimum Gasteiger partial charge on any atom is -0.368 e. The summed E-state index contributed by atoms with van der Waals surface area (Å²) in [6.45, 7) is 4.03. The molecule has 4 rings (SSSR count). The van der Waals surface area contributed by atoms with E-state index in [4.69, 9.17) is 11.6 Å². The number of sulfonamides is 1. The van der Waals surface area contributed by atoms with Crippen molar-refractivity contribution in [2.75, 3.05) is 31.1 Å². The molecule has 1 atom stereocenters. The lowest BCUT2D eigenvalue weighted by Crippen LogP contribution is -2.55. The molecular weight excluding hydrogens is 438 g/mol. The Bertz CT molecular complexity index is 1080. The molecule has 0 unspecified atom stereocenters. The second-order valence-corrected chi connectivity index (χ2v) is 10.1. The summed E-state index contributed by atoms with van der Waals surface area (Å²) in [7, 11) is -4.08. The van der Waals surface area contributed by atoms with E-state index in [-0.39, 0.29) is 23.6 Å². The molecule has 0 radical (unpaired) electrons. The number of aryl methyl sites for hydroxylation is 1. The van der Waals surface area contributed by atoms with Gasteiger partial charge in [0.25, 0.3) is 10.0 Å². The average molecular weight is 462 g/mol. The van der Waals surface area contributed by atoms with Gasteiger partial charge in [0.1, 0.15) is 6.04 Å². The summed E-state index contributed by atoms with van der Waals surface area (Å²) in [5.74, 6) is -0.837.